The SMILES string of the molecule is Cc1cc(C(=O)NCCCC(=O)c2ccc(OC3CCC(C(=O)O)CC3)cc2)ccc1OCC1CCC1. The lowest BCUT2D eigenvalue weighted by atomic mass is 9.86. The van der Waals surface area contributed by atoms with Crippen LogP contribution in [0.2, 0.25) is 0 Å². The van der Waals surface area contributed by atoms with Crippen molar-refractivity contribution < 1.29 is 29.0 Å². The molecule has 0 heterocycles. The Kier molecular flexibility index (Phi) is 9.20. The summed E-state index contributed by atoms with van der Waals surface area (Å²) in [6.07, 6.45) is 7.38. The second-order valence-corrected chi connectivity index (χ2v) is 10.3. The number of ketones is 1. The first-order valence-electron chi connectivity index (χ1n) is 13.4. The number of Topliss-reactive ketones (excluding diaryl/α,β-unsaturated/α-hetero) is 1. The van der Waals surface area contributed by atoms with Gasteiger partial charge in [-0.25, -0.2) is 0 Å². The van der Waals surface area contributed by atoms with E-state index in [1.807, 2.05) is 19.1 Å². The minimum Gasteiger partial charge on any atom is -0.493 e. The number of nitrogens with one attached hydrogen (secondary N) is 1. The summed E-state index contributed by atoms with van der Waals surface area (Å²) in [5.74, 6) is 1.05. The van der Waals surface area contributed by atoms with E-state index in [0.717, 1.165) is 30.8 Å². The summed E-state index contributed by atoms with van der Waals surface area (Å²) in [6.45, 7) is 3.11. The summed E-state index contributed by atoms with van der Waals surface area (Å²) in [4.78, 5) is 36.2. The number of amides is 1. The van der Waals surface area contributed by atoms with Crippen LogP contribution in [0.1, 0.15) is 84.1 Å². The van der Waals surface area contributed by atoms with Gasteiger partial charge >= 0.3 is 5.97 Å². The normalized spacial score (nSPS) is 19.5. The Morgan fingerprint density at radius 2 is 1.65 bits per heavy atom. The van der Waals surface area contributed by atoms with Crippen molar-refractivity contribution in [3.05, 3.63) is 59.2 Å². The highest BCUT2D eigenvalue weighted by Crippen LogP contribution is 2.29. The van der Waals surface area contributed by atoms with E-state index in [2.05, 4.69) is 5.32 Å². The molecule has 37 heavy (non-hydrogen) atoms. The van der Waals surface area contributed by atoms with Gasteiger partial charge in [0.15, 0.2) is 5.78 Å². The first-order valence-corrected chi connectivity index (χ1v) is 13.4. The lowest BCUT2D eigenvalue weighted by Crippen LogP contribution is -2.27. The zero-order valence-corrected chi connectivity index (χ0v) is 21.5. The van der Waals surface area contributed by atoms with Crippen molar-refractivity contribution in [3.8, 4) is 11.5 Å². The quantitative estimate of drug-likeness (QED) is 0.287. The van der Waals surface area contributed by atoms with Gasteiger partial charge < -0.3 is 19.9 Å². The number of hydrogen-bond acceptors (Lipinski definition) is 5. The van der Waals surface area contributed by atoms with Crippen LogP contribution in [0.4, 0.5) is 0 Å². The van der Waals surface area contributed by atoms with Gasteiger partial charge in [-0.05, 0) is 106 Å². The van der Waals surface area contributed by atoms with E-state index in [9.17, 15) is 14.4 Å². The minimum absolute atomic E-state index is 0.0145. The second kappa shape index (κ2) is 12.7. The van der Waals surface area contributed by atoms with Gasteiger partial charge in [-0.1, -0.05) is 6.42 Å². The molecule has 2 fully saturated rings. The van der Waals surface area contributed by atoms with Crippen LogP contribution in [0, 0.1) is 18.8 Å². The zero-order chi connectivity index (χ0) is 26.2. The maximum absolute atomic E-state index is 12.6. The van der Waals surface area contributed by atoms with E-state index < -0.39 is 5.97 Å². The van der Waals surface area contributed by atoms with Crippen molar-refractivity contribution >= 4 is 17.7 Å². The highest BCUT2D eigenvalue weighted by atomic mass is 16.5. The highest BCUT2D eigenvalue weighted by molar-refractivity contribution is 5.96. The van der Waals surface area contributed by atoms with Crippen LogP contribution in [0.3, 0.4) is 0 Å². The van der Waals surface area contributed by atoms with Crippen LogP contribution in [0.5, 0.6) is 11.5 Å². The minimum atomic E-state index is -0.727. The third kappa shape index (κ3) is 7.57. The van der Waals surface area contributed by atoms with Crippen LogP contribution >= 0.6 is 0 Å². The average molecular weight is 508 g/mol. The molecule has 2 aromatic carbocycles. The van der Waals surface area contributed by atoms with Crippen LogP contribution in [0.25, 0.3) is 0 Å². The predicted molar refractivity (Wildman–Crippen MR) is 140 cm³/mol. The molecule has 2 saturated carbocycles. The molecule has 0 unspecified atom stereocenters. The number of carbonyl (C=O) groups is 3. The number of rotatable bonds is 12. The summed E-state index contributed by atoms with van der Waals surface area (Å²) >= 11 is 0. The van der Waals surface area contributed by atoms with Crippen molar-refractivity contribution in [2.75, 3.05) is 13.2 Å². The summed E-state index contributed by atoms with van der Waals surface area (Å²) in [5.41, 5.74) is 2.15. The number of carboxylic acid groups (broad SMARTS) is 1. The van der Waals surface area contributed by atoms with E-state index in [4.69, 9.17) is 14.6 Å². The third-order valence-electron chi connectivity index (χ3n) is 7.51. The van der Waals surface area contributed by atoms with Crippen molar-refractivity contribution in [3.63, 3.8) is 0 Å². The summed E-state index contributed by atoms with van der Waals surface area (Å²) in [6, 6.07) is 12.6. The van der Waals surface area contributed by atoms with Crippen LogP contribution in [-0.2, 0) is 4.79 Å². The number of aliphatic carboxylic acids is 1. The van der Waals surface area contributed by atoms with Crippen molar-refractivity contribution in [2.24, 2.45) is 11.8 Å². The van der Waals surface area contributed by atoms with Crippen molar-refractivity contribution in [2.45, 2.75) is 70.8 Å². The van der Waals surface area contributed by atoms with Crippen LogP contribution in [0.15, 0.2) is 42.5 Å². The zero-order valence-electron chi connectivity index (χ0n) is 21.5. The van der Waals surface area contributed by atoms with Crippen LogP contribution in [-0.4, -0.2) is 42.0 Å². The molecule has 2 N–H and O–H groups in total. The fourth-order valence-electron chi connectivity index (χ4n) is 4.86. The number of carboxylic acids is 1. The molecule has 2 aliphatic carbocycles. The molecule has 0 saturated heterocycles. The Balaban J connectivity index is 1.15. The summed E-state index contributed by atoms with van der Waals surface area (Å²) in [7, 11) is 0. The molecule has 4 rings (SSSR count). The Bertz CT molecular complexity index is 1080. The van der Waals surface area contributed by atoms with E-state index in [-0.39, 0.29) is 23.7 Å². The first kappa shape index (κ1) is 26.7. The highest BCUT2D eigenvalue weighted by Gasteiger charge is 2.27. The van der Waals surface area contributed by atoms with E-state index in [0.29, 0.717) is 55.0 Å². The molecule has 0 bridgehead atoms. The van der Waals surface area contributed by atoms with Gasteiger partial charge in [-0.3, -0.25) is 14.4 Å². The summed E-state index contributed by atoms with van der Waals surface area (Å²) < 4.78 is 11.9. The van der Waals surface area contributed by atoms with Crippen molar-refractivity contribution in [1.29, 1.82) is 0 Å². The van der Waals surface area contributed by atoms with Gasteiger partial charge in [-0.15, -0.1) is 0 Å². The van der Waals surface area contributed by atoms with E-state index in [1.165, 1.54) is 19.3 Å². The molecule has 0 spiro atoms. The number of carbonyl (C=O) groups excluding carboxylic acids is 2. The first-order chi connectivity index (χ1) is 17.9. The molecular formula is C30H37NO6. The molecule has 7 nitrogen and oxygen atoms in total. The number of aryl methyl sites for hydroxylation is 1. The maximum Gasteiger partial charge on any atom is 0.306 e. The molecule has 1 amide bonds. The Labute approximate surface area is 218 Å². The standard InChI is InChI=1S/C30H37NO6/c1-20-18-24(11-16-28(20)36-19-21-4-2-5-21)29(33)31-17-3-6-27(32)22-7-12-25(13-8-22)37-26-14-9-23(10-15-26)30(34)35/h7-8,11-13,16,18,21,23,26H,2-6,9-10,14-15,17,19H2,1H3,(H,31,33)(H,34,35). The summed E-state index contributed by atoms with van der Waals surface area (Å²) in [5, 5.41) is 12.0. The molecule has 0 aliphatic heterocycles. The van der Waals surface area contributed by atoms with Gasteiger partial charge in [0.25, 0.3) is 5.91 Å². The fraction of sp³-hybridized carbons (Fsp3) is 0.500. The van der Waals surface area contributed by atoms with Gasteiger partial charge in [0.1, 0.15) is 11.5 Å². The Morgan fingerprint density at radius 3 is 2.27 bits per heavy atom. The smallest absolute Gasteiger partial charge is 0.306 e. The third-order valence-corrected chi connectivity index (χ3v) is 7.51. The molecule has 7 heteroatoms. The van der Waals surface area contributed by atoms with E-state index >= 15 is 0 Å². The maximum atomic E-state index is 12.6. The van der Waals surface area contributed by atoms with Gasteiger partial charge in [0, 0.05) is 24.1 Å². The molecule has 0 aromatic heterocycles. The molecule has 198 valence electrons. The van der Waals surface area contributed by atoms with E-state index in [1.54, 1.807) is 30.3 Å². The second-order valence-electron chi connectivity index (χ2n) is 10.3. The Morgan fingerprint density at radius 1 is 0.946 bits per heavy atom. The van der Waals surface area contributed by atoms with Gasteiger partial charge in [-0.2, -0.15) is 0 Å². The number of hydrogen-bond donors (Lipinski definition) is 2. The molecule has 0 atom stereocenters. The van der Waals surface area contributed by atoms with Gasteiger partial charge in [0.05, 0.1) is 18.6 Å². The lowest BCUT2D eigenvalue weighted by molar-refractivity contribution is -0.143. The number of ether oxygens (including phenoxy) is 2. The monoisotopic (exact) mass is 507 g/mol. The molecule has 0 radical (unpaired) electrons. The predicted octanol–water partition coefficient (Wildman–Crippen LogP) is 5.59. The van der Waals surface area contributed by atoms with Crippen LogP contribution < -0.4 is 14.8 Å². The largest absolute Gasteiger partial charge is 0.493 e. The van der Waals surface area contributed by atoms with Gasteiger partial charge in [0.2, 0.25) is 0 Å². The number of benzene rings is 2. The molecule has 2 aliphatic rings. The lowest BCUT2D eigenvalue weighted by Gasteiger charge is -2.26. The topological polar surface area (TPSA) is 102 Å². The fourth-order valence-corrected chi connectivity index (χ4v) is 4.86. The molecule has 2 aromatic rings. The van der Waals surface area contributed by atoms with Crippen molar-refractivity contribution in [1.82, 2.24) is 5.32 Å². The Hall–Kier alpha value is -3.35. The average Bonchev–Trinajstić information content (AvgIpc) is 2.87. The molecular weight excluding hydrogens is 470 g/mol.